The van der Waals surface area contributed by atoms with Gasteiger partial charge in [0.05, 0.1) is 7.11 Å². The van der Waals surface area contributed by atoms with Gasteiger partial charge in [0, 0.05) is 11.6 Å². The van der Waals surface area contributed by atoms with Crippen LogP contribution in [0.25, 0.3) is 10.1 Å². The van der Waals surface area contributed by atoms with Gasteiger partial charge in [-0.25, -0.2) is 4.79 Å². The number of fused-ring (bicyclic) bond motifs is 1. The topological polar surface area (TPSA) is 61.8 Å². The lowest BCUT2D eigenvalue weighted by molar-refractivity contribution is -0.141. The number of ether oxygens (including phenoxy) is 3. The molecule has 1 heterocycles. The largest absolute Gasteiger partial charge is 0.490 e. The third-order valence-electron chi connectivity index (χ3n) is 2.54. The minimum atomic E-state index is -0.344. The van der Waals surface area contributed by atoms with Crippen LogP contribution in [0.15, 0.2) is 24.3 Å². The predicted molar refractivity (Wildman–Crippen MR) is 75.3 cm³/mol. The summed E-state index contributed by atoms with van der Waals surface area (Å²) < 4.78 is 15.9. The van der Waals surface area contributed by atoms with E-state index in [1.165, 1.54) is 25.4 Å². The highest BCUT2D eigenvalue weighted by Gasteiger charge is 2.10. The molecule has 5 nitrogen and oxygen atoms in total. The fourth-order valence-corrected chi connectivity index (χ4v) is 2.66. The van der Waals surface area contributed by atoms with Crippen LogP contribution in [-0.4, -0.2) is 32.3 Å². The van der Waals surface area contributed by atoms with Gasteiger partial charge in [-0.15, -0.1) is 11.3 Å². The maximum Gasteiger partial charge on any atom is 0.348 e. The van der Waals surface area contributed by atoms with Crippen LogP contribution in [0.4, 0.5) is 0 Å². The molecule has 0 unspecified atom stereocenters. The molecule has 0 N–H and O–H groups in total. The zero-order valence-electron chi connectivity index (χ0n) is 11.2. The van der Waals surface area contributed by atoms with Gasteiger partial charge in [0.1, 0.15) is 23.8 Å². The fourth-order valence-electron chi connectivity index (χ4n) is 1.65. The highest BCUT2D eigenvalue weighted by Crippen LogP contribution is 2.29. The molecule has 0 bridgehead atoms. The van der Waals surface area contributed by atoms with Gasteiger partial charge < -0.3 is 14.2 Å². The summed E-state index contributed by atoms with van der Waals surface area (Å²) in [6.07, 6.45) is 0. The minimum Gasteiger partial charge on any atom is -0.490 e. The normalized spacial score (nSPS) is 10.3. The second-order valence-corrected chi connectivity index (χ2v) is 5.07. The van der Waals surface area contributed by atoms with E-state index >= 15 is 0 Å². The Balaban J connectivity index is 2.05. The summed E-state index contributed by atoms with van der Waals surface area (Å²) in [5.41, 5.74) is 0. The summed E-state index contributed by atoms with van der Waals surface area (Å²) in [4.78, 5) is 22.6. The molecule has 0 fully saturated rings. The number of rotatable bonds is 5. The molecular weight excluding hydrogens is 280 g/mol. The highest BCUT2D eigenvalue weighted by molar-refractivity contribution is 7.20. The summed E-state index contributed by atoms with van der Waals surface area (Å²) in [6.45, 7) is 1.86. The van der Waals surface area contributed by atoms with Gasteiger partial charge in [-0.05, 0) is 29.7 Å². The molecule has 6 heteroatoms. The number of hydrogen-bond donors (Lipinski definition) is 0. The average Bonchev–Trinajstić information content (AvgIpc) is 2.85. The molecular formula is C14H14O5S. The maximum atomic E-state index is 11.5. The molecule has 106 valence electrons. The predicted octanol–water partition coefficient (Wildman–Crippen LogP) is 2.63. The van der Waals surface area contributed by atoms with E-state index < -0.39 is 0 Å². The van der Waals surface area contributed by atoms with Crippen molar-refractivity contribution in [2.75, 3.05) is 20.3 Å². The number of esters is 2. The molecule has 0 atom stereocenters. The Morgan fingerprint density at radius 2 is 2.00 bits per heavy atom. The number of carbonyl (C=O) groups excluding carboxylic acids is 2. The van der Waals surface area contributed by atoms with Crippen LogP contribution in [-0.2, 0) is 14.3 Å². The Morgan fingerprint density at radius 1 is 1.20 bits per heavy atom. The second-order valence-electron chi connectivity index (χ2n) is 3.99. The standard InChI is InChI=1S/C14H14O5S/c1-9(15)18-5-6-19-11-4-3-10-7-13(14(16)17-2)20-12(10)8-11/h3-4,7-8H,5-6H2,1-2H3. The van der Waals surface area contributed by atoms with Gasteiger partial charge in [0.25, 0.3) is 0 Å². The van der Waals surface area contributed by atoms with E-state index in [1.807, 2.05) is 18.2 Å². The third kappa shape index (κ3) is 3.48. The van der Waals surface area contributed by atoms with E-state index in [4.69, 9.17) is 9.47 Å². The molecule has 0 saturated heterocycles. The van der Waals surface area contributed by atoms with Crippen molar-refractivity contribution in [2.24, 2.45) is 0 Å². The second kappa shape index (κ2) is 6.38. The Hall–Kier alpha value is -2.08. The Kier molecular flexibility index (Phi) is 4.57. The van der Waals surface area contributed by atoms with E-state index in [0.29, 0.717) is 17.2 Å². The summed E-state index contributed by atoms with van der Waals surface area (Å²) in [7, 11) is 1.36. The number of hydrogen-bond acceptors (Lipinski definition) is 6. The Bertz CT molecular complexity index is 632. The molecule has 0 aliphatic carbocycles. The van der Waals surface area contributed by atoms with Crippen molar-refractivity contribution in [2.45, 2.75) is 6.92 Å². The van der Waals surface area contributed by atoms with Gasteiger partial charge in [0.2, 0.25) is 0 Å². The zero-order chi connectivity index (χ0) is 14.5. The van der Waals surface area contributed by atoms with Crippen LogP contribution < -0.4 is 4.74 Å². The van der Waals surface area contributed by atoms with E-state index in [-0.39, 0.29) is 18.5 Å². The van der Waals surface area contributed by atoms with Gasteiger partial charge >= 0.3 is 11.9 Å². The van der Waals surface area contributed by atoms with Crippen LogP contribution in [0, 0.1) is 0 Å². The molecule has 0 radical (unpaired) electrons. The molecule has 0 spiro atoms. The number of thiophene rings is 1. The minimum absolute atomic E-state index is 0.214. The number of methoxy groups -OCH3 is 1. The van der Waals surface area contributed by atoms with Crippen LogP contribution >= 0.6 is 11.3 Å². The lowest BCUT2D eigenvalue weighted by Gasteiger charge is -2.06. The summed E-state index contributed by atoms with van der Waals surface area (Å²) >= 11 is 1.35. The SMILES string of the molecule is COC(=O)c1cc2ccc(OCCOC(C)=O)cc2s1. The van der Waals surface area contributed by atoms with E-state index in [0.717, 1.165) is 10.1 Å². The van der Waals surface area contributed by atoms with Gasteiger partial charge in [-0.1, -0.05) is 0 Å². The van der Waals surface area contributed by atoms with Crippen LogP contribution in [0.5, 0.6) is 5.75 Å². The molecule has 20 heavy (non-hydrogen) atoms. The Morgan fingerprint density at radius 3 is 2.70 bits per heavy atom. The van der Waals surface area contributed by atoms with E-state index in [2.05, 4.69) is 4.74 Å². The smallest absolute Gasteiger partial charge is 0.348 e. The lowest BCUT2D eigenvalue weighted by Crippen LogP contribution is -2.09. The summed E-state index contributed by atoms with van der Waals surface area (Å²) in [6, 6.07) is 7.32. The molecule has 2 rings (SSSR count). The van der Waals surface area contributed by atoms with Crippen molar-refractivity contribution < 1.29 is 23.8 Å². The molecule has 1 aromatic heterocycles. The van der Waals surface area contributed by atoms with Crippen molar-refractivity contribution in [3.8, 4) is 5.75 Å². The fraction of sp³-hybridized carbons (Fsp3) is 0.286. The summed E-state index contributed by atoms with van der Waals surface area (Å²) in [5, 5.41) is 0.961. The van der Waals surface area contributed by atoms with E-state index in [9.17, 15) is 9.59 Å². The van der Waals surface area contributed by atoms with Crippen molar-refractivity contribution in [3.05, 3.63) is 29.1 Å². The molecule has 0 saturated carbocycles. The quantitative estimate of drug-likeness (QED) is 0.626. The number of carbonyl (C=O) groups is 2. The molecule has 1 aromatic carbocycles. The van der Waals surface area contributed by atoms with Gasteiger partial charge in [0.15, 0.2) is 0 Å². The first-order valence-electron chi connectivity index (χ1n) is 5.98. The van der Waals surface area contributed by atoms with Crippen molar-refractivity contribution >= 4 is 33.4 Å². The van der Waals surface area contributed by atoms with Crippen LogP contribution in [0.3, 0.4) is 0 Å². The van der Waals surface area contributed by atoms with Crippen molar-refractivity contribution in [3.63, 3.8) is 0 Å². The van der Waals surface area contributed by atoms with Crippen LogP contribution in [0.1, 0.15) is 16.6 Å². The average molecular weight is 294 g/mol. The highest BCUT2D eigenvalue weighted by atomic mass is 32.1. The first-order valence-corrected chi connectivity index (χ1v) is 6.80. The third-order valence-corrected chi connectivity index (χ3v) is 3.61. The number of benzene rings is 1. The molecule has 0 aliphatic rings. The monoisotopic (exact) mass is 294 g/mol. The zero-order valence-corrected chi connectivity index (χ0v) is 12.0. The van der Waals surface area contributed by atoms with Crippen molar-refractivity contribution in [1.82, 2.24) is 0 Å². The summed E-state index contributed by atoms with van der Waals surface area (Å²) in [5.74, 6) is -0.00327. The molecule has 0 amide bonds. The van der Waals surface area contributed by atoms with Crippen molar-refractivity contribution in [1.29, 1.82) is 0 Å². The van der Waals surface area contributed by atoms with E-state index in [1.54, 1.807) is 6.07 Å². The molecule has 2 aromatic rings. The van der Waals surface area contributed by atoms with Crippen LogP contribution in [0.2, 0.25) is 0 Å². The maximum absolute atomic E-state index is 11.5. The first kappa shape index (κ1) is 14.3. The Labute approximate surface area is 120 Å². The lowest BCUT2D eigenvalue weighted by atomic mass is 10.2. The first-order chi connectivity index (χ1) is 9.60. The molecule has 0 aliphatic heterocycles. The van der Waals surface area contributed by atoms with Gasteiger partial charge in [-0.2, -0.15) is 0 Å². The van der Waals surface area contributed by atoms with Gasteiger partial charge in [-0.3, -0.25) is 4.79 Å².